The highest BCUT2D eigenvalue weighted by Crippen LogP contribution is 2.38. The van der Waals surface area contributed by atoms with Crippen LogP contribution in [0.3, 0.4) is 0 Å². The molecule has 0 amide bonds. The molecule has 0 fully saturated rings. The van der Waals surface area contributed by atoms with Crippen LogP contribution in [-0.4, -0.2) is 19.9 Å². The lowest BCUT2D eigenvalue weighted by Gasteiger charge is -1.97. The number of hydrogen-bond acceptors (Lipinski definition) is 8. The van der Waals surface area contributed by atoms with E-state index in [1.165, 1.54) is 6.92 Å². The fourth-order valence-electron chi connectivity index (χ4n) is 0.974. The predicted molar refractivity (Wildman–Crippen MR) is 59.4 cm³/mol. The van der Waals surface area contributed by atoms with Crippen molar-refractivity contribution in [3.05, 3.63) is 42.5 Å². The molecule has 0 radical (unpaired) electrons. The summed E-state index contributed by atoms with van der Waals surface area (Å²) in [6.07, 6.45) is 0. The standard InChI is InChI=1S/C6H3N3O7.C2H3N/c10-6-4(8(13)14)1-3(7(11)12)2-5(6)9(15)16;1-2-3/h1-2,10H;1H3. The number of phenolic OH excluding ortho intramolecular Hbond substituents is 1. The number of rotatable bonds is 3. The van der Waals surface area contributed by atoms with Crippen LogP contribution in [0.5, 0.6) is 5.75 Å². The van der Waals surface area contributed by atoms with Gasteiger partial charge in [0.05, 0.1) is 33.0 Å². The molecular weight excluding hydrogens is 264 g/mol. The molecule has 0 spiro atoms. The molecule has 0 heterocycles. The quantitative estimate of drug-likeness (QED) is 0.636. The fraction of sp³-hybridized carbons (Fsp3) is 0.125. The van der Waals surface area contributed by atoms with Crippen LogP contribution < -0.4 is 0 Å². The largest absolute Gasteiger partial charge is 0.497 e. The van der Waals surface area contributed by atoms with E-state index in [2.05, 4.69) is 0 Å². The molecule has 1 aromatic carbocycles. The molecule has 1 aromatic rings. The van der Waals surface area contributed by atoms with Gasteiger partial charge >= 0.3 is 11.4 Å². The summed E-state index contributed by atoms with van der Waals surface area (Å²) >= 11 is 0. The van der Waals surface area contributed by atoms with E-state index in [9.17, 15) is 30.3 Å². The second kappa shape index (κ2) is 6.45. The highest BCUT2D eigenvalue weighted by Gasteiger charge is 2.29. The minimum Gasteiger partial charge on any atom is -0.497 e. The average molecular weight is 270 g/mol. The number of nitriles is 1. The lowest BCUT2D eigenvalue weighted by atomic mass is 10.2. The van der Waals surface area contributed by atoms with Gasteiger partial charge in [0.25, 0.3) is 11.4 Å². The van der Waals surface area contributed by atoms with E-state index in [1.807, 2.05) is 0 Å². The van der Waals surface area contributed by atoms with Crippen LogP contribution in [0.4, 0.5) is 17.1 Å². The molecule has 1 rings (SSSR count). The molecule has 0 aromatic heterocycles. The third kappa shape index (κ3) is 3.89. The van der Waals surface area contributed by atoms with Crippen LogP contribution in [0.25, 0.3) is 0 Å². The second-order valence-electron chi connectivity index (χ2n) is 2.83. The highest BCUT2D eigenvalue weighted by molar-refractivity contribution is 5.64. The number of hydrogen-bond donors (Lipinski definition) is 1. The Morgan fingerprint density at radius 1 is 1.05 bits per heavy atom. The van der Waals surface area contributed by atoms with Gasteiger partial charge in [-0.2, -0.15) is 5.26 Å². The molecule has 11 heteroatoms. The molecule has 100 valence electrons. The van der Waals surface area contributed by atoms with Crippen LogP contribution >= 0.6 is 0 Å². The molecule has 1 N–H and O–H groups in total. The summed E-state index contributed by atoms with van der Waals surface area (Å²) in [6.45, 7) is 1.43. The Balaban J connectivity index is 0.000000982. The zero-order chi connectivity index (χ0) is 15.2. The number of nitro groups is 3. The topological polar surface area (TPSA) is 173 Å². The molecule has 0 aliphatic heterocycles. The number of non-ortho nitro benzene ring substituents is 1. The van der Waals surface area contributed by atoms with Crippen LogP contribution in [0.15, 0.2) is 12.1 Å². The van der Waals surface area contributed by atoms with Crippen molar-refractivity contribution >= 4 is 17.1 Å². The fourth-order valence-corrected chi connectivity index (χ4v) is 0.974. The third-order valence-electron chi connectivity index (χ3n) is 1.66. The molecule has 0 aliphatic carbocycles. The van der Waals surface area contributed by atoms with Crippen LogP contribution in [0.2, 0.25) is 0 Å². The van der Waals surface area contributed by atoms with E-state index in [4.69, 9.17) is 10.4 Å². The molecule has 0 saturated carbocycles. The van der Waals surface area contributed by atoms with E-state index in [0.29, 0.717) is 12.1 Å². The van der Waals surface area contributed by atoms with E-state index in [1.54, 1.807) is 6.07 Å². The SMILES string of the molecule is CC#N.O=[N+]([O-])c1cc([N+](=O)[O-])c(O)c([N+](=O)[O-])c1. The van der Waals surface area contributed by atoms with Gasteiger partial charge in [0.1, 0.15) is 0 Å². The van der Waals surface area contributed by atoms with Gasteiger partial charge in [0, 0.05) is 6.92 Å². The van der Waals surface area contributed by atoms with Crippen molar-refractivity contribution in [2.45, 2.75) is 6.92 Å². The van der Waals surface area contributed by atoms with Gasteiger partial charge in [-0.05, 0) is 0 Å². The van der Waals surface area contributed by atoms with Crippen molar-refractivity contribution in [1.29, 1.82) is 5.26 Å². The number of aromatic hydroxyl groups is 1. The van der Waals surface area contributed by atoms with Crippen LogP contribution in [-0.2, 0) is 0 Å². The van der Waals surface area contributed by atoms with Crippen LogP contribution in [0.1, 0.15) is 6.92 Å². The normalized spacial score (nSPS) is 8.63. The Hall–Kier alpha value is -3.29. The molecule has 0 atom stereocenters. The van der Waals surface area contributed by atoms with E-state index < -0.39 is 37.6 Å². The van der Waals surface area contributed by atoms with Gasteiger partial charge in [0.2, 0.25) is 0 Å². The van der Waals surface area contributed by atoms with Crippen molar-refractivity contribution < 1.29 is 19.9 Å². The van der Waals surface area contributed by atoms with Crippen molar-refractivity contribution in [2.24, 2.45) is 0 Å². The Morgan fingerprint density at radius 3 is 1.58 bits per heavy atom. The van der Waals surface area contributed by atoms with Gasteiger partial charge in [-0.1, -0.05) is 0 Å². The van der Waals surface area contributed by atoms with E-state index in [0.717, 1.165) is 0 Å². The van der Waals surface area contributed by atoms with Gasteiger partial charge in [-0.15, -0.1) is 0 Å². The van der Waals surface area contributed by atoms with E-state index in [-0.39, 0.29) is 0 Å². The molecule has 0 bridgehead atoms. The number of nitro benzene ring substituents is 3. The molecule has 0 unspecified atom stereocenters. The first kappa shape index (κ1) is 15.7. The molecule has 0 aliphatic rings. The smallest absolute Gasteiger partial charge is 0.324 e. The lowest BCUT2D eigenvalue weighted by molar-refractivity contribution is -0.404. The van der Waals surface area contributed by atoms with Gasteiger partial charge in [-0.25, -0.2) is 0 Å². The van der Waals surface area contributed by atoms with Crippen molar-refractivity contribution in [2.75, 3.05) is 0 Å². The Bertz CT molecular complexity index is 542. The minimum absolute atomic E-state index is 0.447. The summed E-state index contributed by atoms with van der Waals surface area (Å²) in [7, 11) is 0. The summed E-state index contributed by atoms with van der Waals surface area (Å²) in [5, 5.41) is 47.5. The Morgan fingerprint density at radius 2 is 1.37 bits per heavy atom. The maximum Gasteiger partial charge on any atom is 0.324 e. The first-order valence-corrected chi connectivity index (χ1v) is 4.37. The molecule has 11 nitrogen and oxygen atoms in total. The molecule has 19 heavy (non-hydrogen) atoms. The molecule has 0 saturated heterocycles. The highest BCUT2D eigenvalue weighted by atomic mass is 16.6. The Kier molecular flexibility index (Phi) is 5.33. The van der Waals surface area contributed by atoms with E-state index >= 15 is 0 Å². The minimum atomic E-state index is -1.21. The average Bonchev–Trinajstić information content (AvgIpc) is 2.29. The Labute approximate surface area is 104 Å². The van der Waals surface area contributed by atoms with Crippen molar-refractivity contribution in [3.63, 3.8) is 0 Å². The number of benzene rings is 1. The summed E-state index contributed by atoms with van der Waals surface area (Å²) in [4.78, 5) is 27.8. The number of nitrogens with zero attached hydrogens (tertiary/aromatic N) is 4. The van der Waals surface area contributed by atoms with Crippen molar-refractivity contribution in [1.82, 2.24) is 0 Å². The maximum atomic E-state index is 10.4. The van der Waals surface area contributed by atoms with Gasteiger partial charge < -0.3 is 5.11 Å². The number of phenols is 1. The molecular formula is C8H6N4O7. The summed E-state index contributed by atoms with van der Waals surface area (Å²) in [5.74, 6) is -1.21. The third-order valence-corrected chi connectivity index (χ3v) is 1.66. The van der Waals surface area contributed by atoms with Crippen LogP contribution in [0, 0.1) is 41.7 Å². The second-order valence-corrected chi connectivity index (χ2v) is 2.83. The first-order chi connectivity index (χ1) is 8.76. The van der Waals surface area contributed by atoms with Gasteiger partial charge in [0.15, 0.2) is 0 Å². The predicted octanol–water partition coefficient (Wildman–Crippen LogP) is 1.65. The van der Waals surface area contributed by atoms with Crippen molar-refractivity contribution in [3.8, 4) is 11.8 Å². The zero-order valence-electron chi connectivity index (χ0n) is 9.34. The zero-order valence-corrected chi connectivity index (χ0v) is 9.34. The maximum absolute atomic E-state index is 10.4. The summed E-state index contributed by atoms with van der Waals surface area (Å²) < 4.78 is 0. The van der Waals surface area contributed by atoms with Gasteiger partial charge in [-0.3, -0.25) is 30.3 Å². The monoisotopic (exact) mass is 270 g/mol. The first-order valence-electron chi connectivity index (χ1n) is 4.37. The summed E-state index contributed by atoms with van der Waals surface area (Å²) in [5.41, 5.74) is -3.00. The summed E-state index contributed by atoms with van der Waals surface area (Å²) in [6, 6.07) is 2.64. The lowest BCUT2D eigenvalue weighted by Crippen LogP contribution is -1.97.